The van der Waals surface area contributed by atoms with Gasteiger partial charge in [0, 0.05) is 6.04 Å². The number of hydrogen-bond acceptors (Lipinski definition) is 3. The lowest BCUT2D eigenvalue weighted by Gasteiger charge is -2.31. The first-order valence-electron chi connectivity index (χ1n) is 3.83. The molecule has 0 aromatic heterocycles. The molecule has 5 nitrogen and oxygen atoms in total. The van der Waals surface area contributed by atoms with Crippen molar-refractivity contribution < 1.29 is 4.79 Å². The van der Waals surface area contributed by atoms with E-state index in [4.69, 9.17) is 12.2 Å². The van der Waals surface area contributed by atoms with Crippen LogP contribution >= 0.6 is 12.2 Å². The Balaban J connectivity index is 2.20. The van der Waals surface area contributed by atoms with Crippen LogP contribution in [0.4, 0.5) is 0 Å². The van der Waals surface area contributed by atoms with Crippen LogP contribution in [-0.4, -0.2) is 28.1 Å². The summed E-state index contributed by atoms with van der Waals surface area (Å²) >= 11 is 4.99. The van der Waals surface area contributed by atoms with E-state index in [1.165, 1.54) is 0 Å². The number of nitrogens with one attached hydrogen (secondary N) is 3. The first kappa shape index (κ1) is 7.75. The Labute approximate surface area is 75.4 Å². The van der Waals surface area contributed by atoms with Crippen molar-refractivity contribution >= 4 is 23.2 Å². The average Bonchev–Trinajstić information content (AvgIpc) is 2.41. The molecule has 2 aliphatic rings. The monoisotopic (exact) mass is 186 g/mol. The summed E-state index contributed by atoms with van der Waals surface area (Å²) in [6, 6.07) is 0.160. The Kier molecular flexibility index (Phi) is 1.66. The van der Waals surface area contributed by atoms with Gasteiger partial charge in [0.25, 0.3) is 5.91 Å². The lowest BCUT2D eigenvalue weighted by atomic mass is 10.1. The summed E-state index contributed by atoms with van der Waals surface area (Å²) in [5, 5.41) is 2.24. The molecule has 2 unspecified atom stereocenters. The van der Waals surface area contributed by atoms with E-state index in [2.05, 4.69) is 16.3 Å². The maximum atomic E-state index is 11.3. The quantitative estimate of drug-likeness (QED) is 0.418. The van der Waals surface area contributed by atoms with Gasteiger partial charge in [0.15, 0.2) is 0 Å². The second kappa shape index (κ2) is 2.56. The van der Waals surface area contributed by atoms with Crippen molar-refractivity contribution in [3.05, 3.63) is 0 Å². The first-order valence-corrected chi connectivity index (χ1v) is 4.24. The third-order valence-corrected chi connectivity index (χ3v) is 2.36. The zero-order valence-electron chi connectivity index (χ0n) is 6.63. The fourth-order valence-corrected chi connectivity index (χ4v) is 1.73. The van der Waals surface area contributed by atoms with Crippen molar-refractivity contribution in [3.8, 4) is 0 Å². The van der Waals surface area contributed by atoms with Gasteiger partial charge >= 0.3 is 0 Å². The van der Waals surface area contributed by atoms with Crippen molar-refractivity contribution in [1.29, 1.82) is 0 Å². The Morgan fingerprint density at radius 3 is 3.00 bits per heavy atom. The van der Waals surface area contributed by atoms with E-state index in [0.717, 1.165) is 6.42 Å². The molecule has 6 heteroatoms. The minimum atomic E-state index is -0.145. The molecule has 0 saturated carbocycles. The number of nitrogens with zero attached hydrogens (tertiary/aromatic N) is 1. The SMILES string of the molecule is CC1CC2C(=O)NNC(=S)N2N1. The van der Waals surface area contributed by atoms with Gasteiger partial charge in [-0.15, -0.1) is 0 Å². The number of hydrazine groups is 2. The molecule has 2 fully saturated rings. The molecule has 0 aromatic rings. The van der Waals surface area contributed by atoms with Crippen molar-refractivity contribution in [1.82, 2.24) is 21.3 Å². The summed E-state index contributed by atoms with van der Waals surface area (Å²) in [4.78, 5) is 11.3. The Morgan fingerprint density at radius 1 is 1.58 bits per heavy atom. The van der Waals surface area contributed by atoms with E-state index in [1.54, 1.807) is 5.01 Å². The second-order valence-corrected chi connectivity index (χ2v) is 3.46. The minimum Gasteiger partial charge on any atom is -0.273 e. The molecule has 2 heterocycles. The van der Waals surface area contributed by atoms with Crippen LogP contribution in [0.1, 0.15) is 13.3 Å². The minimum absolute atomic E-state index is 0.0274. The van der Waals surface area contributed by atoms with E-state index in [-0.39, 0.29) is 11.9 Å². The number of carbonyl (C=O) groups is 1. The Hall–Kier alpha value is -0.880. The fourth-order valence-electron chi connectivity index (χ4n) is 1.50. The van der Waals surface area contributed by atoms with Crippen LogP contribution in [0.3, 0.4) is 0 Å². The highest BCUT2D eigenvalue weighted by Gasteiger charge is 2.39. The van der Waals surface area contributed by atoms with Gasteiger partial charge in [-0.2, -0.15) is 0 Å². The smallest absolute Gasteiger partial charge is 0.262 e. The van der Waals surface area contributed by atoms with Crippen molar-refractivity contribution in [2.24, 2.45) is 0 Å². The molecule has 3 N–H and O–H groups in total. The molecule has 0 aromatic carbocycles. The van der Waals surface area contributed by atoms with E-state index in [9.17, 15) is 4.79 Å². The van der Waals surface area contributed by atoms with E-state index >= 15 is 0 Å². The summed E-state index contributed by atoms with van der Waals surface area (Å²) in [5.74, 6) is -0.0274. The van der Waals surface area contributed by atoms with E-state index in [1.807, 2.05) is 6.92 Å². The molecule has 2 rings (SSSR count). The maximum Gasteiger partial charge on any atom is 0.262 e. The first-order chi connectivity index (χ1) is 5.68. The lowest BCUT2D eigenvalue weighted by molar-refractivity contribution is -0.126. The molecule has 66 valence electrons. The molecular formula is C6H10N4OS. The van der Waals surface area contributed by atoms with Gasteiger partial charge in [0.1, 0.15) is 6.04 Å². The van der Waals surface area contributed by atoms with Crippen LogP contribution in [0.2, 0.25) is 0 Å². The Bertz CT molecular complexity index is 220. The predicted octanol–water partition coefficient (Wildman–Crippen LogP) is -1.13. The molecule has 2 saturated heterocycles. The number of fused-ring (bicyclic) bond motifs is 1. The largest absolute Gasteiger partial charge is 0.273 e. The zero-order chi connectivity index (χ0) is 8.72. The molecule has 0 radical (unpaired) electrons. The molecular weight excluding hydrogens is 176 g/mol. The highest BCUT2D eigenvalue weighted by molar-refractivity contribution is 7.80. The van der Waals surface area contributed by atoms with Gasteiger partial charge in [-0.3, -0.25) is 20.7 Å². The number of thiocarbonyl (C=S) groups is 1. The summed E-state index contributed by atoms with van der Waals surface area (Å²) in [7, 11) is 0. The topological polar surface area (TPSA) is 56.4 Å². The third-order valence-electron chi connectivity index (χ3n) is 2.06. The van der Waals surface area contributed by atoms with Crippen molar-refractivity contribution in [2.75, 3.05) is 0 Å². The van der Waals surface area contributed by atoms with Crippen LogP contribution in [0.5, 0.6) is 0 Å². The van der Waals surface area contributed by atoms with Crippen molar-refractivity contribution in [2.45, 2.75) is 25.4 Å². The van der Waals surface area contributed by atoms with Gasteiger partial charge in [0.05, 0.1) is 0 Å². The molecule has 0 bridgehead atoms. The predicted molar refractivity (Wildman–Crippen MR) is 46.7 cm³/mol. The molecule has 12 heavy (non-hydrogen) atoms. The normalized spacial score (nSPS) is 34.2. The van der Waals surface area contributed by atoms with Crippen molar-refractivity contribution in [3.63, 3.8) is 0 Å². The summed E-state index contributed by atoms with van der Waals surface area (Å²) in [6.07, 6.45) is 0.799. The van der Waals surface area contributed by atoms with Gasteiger partial charge in [-0.25, -0.2) is 5.43 Å². The molecule has 2 aliphatic heterocycles. The standard InChI is InChI=1S/C6H10N4OS/c1-3-2-4-5(11)7-8-6(12)10(4)9-3/h3-4,9H,2H2,1H3,(H,7,11)(H,8,12). The number of amides is 1. The van der Waals surface area contributed by atoms with Gasteiger partial charge < -0.3 is 0 Å². The van der Waals surface area contributed by atoms with Gasteiger partial charge in [-0.1, -0.05) is 0 Å². The molecule has 2 atom stereocenters. The number of carbonyl (C=O) groups excluding carboxylic acids is 1. The summed E-state index contributed by atoms with van der Waals surface area (Å²) < 4.78 is 0. The summed E-state index contributed by atoms with van der Waals surface area (Å²) in [5.41, 5.74) is 8.24. The Morgan fingerprint density at radius 2 is 2.33 bits per heavy atom. The molecule has 0 spiro atoms. The van der Waals surface area contributed by atoms with E-state index in [0.29, 0.717) is 11.2 Å². The van der Waals surface area contributed by atoms with Crippen LogP contribution in [0.15, 0.2) is 0 Å². The molecule has 1 amide bonds. The fraction of sp³-hybridized carbons (Fsp3) is 0.667. The highest BCUT2D eigenvalue weighted by atomic mass is 32.1. The van der Waals surface area contributed by atoms with Crippen LogP contribution < -0.4 is 16.3 Å². The number of hydrogen-bond donors (Lipinski definition) is 3. The van der Waals surface area contributed by atoms with Crippen LogP contribution in [0, 0.1) is 0 Å². The van der Waals surface area contributed by atoms with Crippen LogP contribution in [0.25, 0.3) is 0 Å². The molecule has 0 aliphatic carbocycles. The number of rotatable bonds is 0. The maximum absolute atomic E-state index is 11.3. The zero-order valence-corrected chi connectivity index (χ0v) is 7.44. The average molecular weight is 186 g/mol. The second-order valence-electron chi connectivity index (χ2n) is 3.07. The van der Waals surface area contributed by atoms with Gasteiger partial charge in [0.2, 0.25) is 5.11 Å². The van der Waals surface area contributed by atoms with E-state index < -0.39 is 0 Å². The third kappa shape index (κ3) is 1.03. The van der Waals surface area contributed by atoms with Gasteiger partial charge in [-0.05, 0) is 25.6 Å². The van der Waals surface area contributed by atoms with Crippen LogP contribution in [-0.2, 0) is 4.79 Å². The lowest BCUT2D eigenvalue weighted by Crippen LogP contribution is -2.63. The summed E-state index contributed by atoms with van der Waals surface area (Å²) in [6.45, 7) is 2.02. The highest BCUT2D eigenvalue weighted by Crippen LogP contribution is 2.16.